The Labute approximate surface area is 127 Å². The van der Waals surface area contributed by atoms with Crippen LogP contribution >= 0.6 is 0 Å². The lowest BCUT2D eigenvalue weighted by molar-refractivity contribution is 0.173. The highest BCUT2D eigenvalue weighted by molar-refractivity contribution is 5.26. The van der Waals surface area contributed by atoms with Crippen LogP contribution in [0.25, 0.3) is 0 Å². The quantitative estimate of drug-likeness (QED) is 0.803. The van der Waals surface area contributed by atoms with Gasteiger partial charge in [0.15, 0.2) is 0 Å². The molecule has 0 bridgehead atoms. The Morgan fingerprint density at radius 1 is 1.29 bits per heavy atom. The molecule has 4 heteroatoms. The second-order valence-corrected chi connectivity index (χ2v) is 6.37. The zero-order chi connectivity index (χ0) is 15.1. The van der Waals surface area contributed by atoms with Crippen molar-refractivity contribution < 1.29 is 9.13 Å². The maximum absolute atomic E-state index is 13.4. The molecule has 21 heavy (non-hydrogen) atoms. The first-order valence-electron chi connectivity index (χ1n) is 8.17. The normalized spacial score (nSPS) is 17.0. The molecule has 0 atom stereocenters. The van der Waals surface area contributed by atoms with Crippen LogP contribution in [0.2, 0.25) is 0 Å². The molecular weight excluding hydrogens is 267 g/mol. The molecule has 2 rings (SSSR count). The van der Waals surface area contributed by atoms with Crippen LogP contribution in [0.1, 0.15) is 57.9 Å². The minimum atomic E-state index is -0.301. The van der Waals surface area contributed by atoms with E-state index in [1.807, 2.05) is 0 Å². The lowest BCUT2D eigenvalue weighted by Gasteiger charge is -2.19. The number of aromatic nitrogens is 1. The van der Waals surface area contributed by atoms with Gasteiger partial charge in [-0.1, -0.05) is 26.7 Å². The number of nitrogens with one attached hydrogen (secondary N) is 1. The van der Waals surface area contributed by atoms with E-state index in [-0.39, 0.29) is 11.9 Å². The molecule has 1 N–H and O–H groups in total. The summed E-state index contributed by atoms with van der Waals surface area (Å²) in [4.78, 5) is 4.16. The van der Waals surface area contributed by atoms with Crippen molar-refractivity contribution >= 4 is 0 Å². The summed E-state index contributed by atoms with van der Waals surface area (Å²) in [6, 6.07) is 1.53. The van der Waals surface area contributed by atoms with Crippen molar-refractivity contribution in [3.05, 3.63) is 23.6 Å². The summed E-state index contributed by atoms with van der Waals surface area (Å²) >= 11 is 0. The minimum Gasteiger partial charge on any atom is -0.474 e. The van der Waals surface area contributed by atoms with Gasteiger partial charge in [-0.25, -0.2) is 9.37 Å². The summed E-state index contributed by atoms with van der Waals surface area (Å²) in [5, 5.41) is 3.33. The highest BCUT2D eigenvalue weighted by Gasteiger charge is 2.16. The van der Waals surface area contributed by atoms with Gasteiger partial charge in [0.1, 0.15) is 11.9 Å². The number of hydrogen-bond donors (Lipinski definition) is 1. The van der Waals surface area contributed by atoms with Gasteiger partial charge >= 0.3 is 0 Å². The fourth-order valence-electron chi connectivity index (χ4n) is 2.71. The van der Waals surface area contributed by atoms with Crippen LogP contribution in [0, 0.1) is 11.7 Å². The smallest absolute Gasteiger partial charge is 0.218 e. The number of nitrogens with zero attached hydrogens (tertiary/aromatic N) is 1. The summed E-state index contributed by atoms with van der Waals surface area (Å²) in [6.07, 6.45) is 8.65. The predicted molar refractivity (Wildman–Crippen MR) is 82.9 cm³/mol. The Morgan fingerprint density at radius 2 is 2.00 bits per heavy atom. The van der Waals surface area contributed by atoms with Crippen molar-refractivity contribution in [1.29, 1.82) is 0 Å². The Balaban J connectivity index is 1.99. The monoisotopic (exact) mass is 294 g/mol. The molecule has 0 radical (unpaired) electrons. The van der Waals surface area contributed by atoms with Crippen LogP contribution in [-0.4, -0.2) is 17.6 Å². The molecule has 1 heterocycles. The van der Waals surface area contributed by atoms with Gasteiger partial charge in [0.05, 0.1) is 6.20 Å². The molecule has 0 spiro atoms. The van der Waals surface area contributed by atoms with Crippen molar-refractivity contribution in [3.8, 4) is 5.88 Å². The Bertz CT molecular complexity index is 429. The van der Waals surface area contributed by atoms with Gasteiger partial charge in [0, 0.05) is 12.1 Å². The van der Waals surface area contributed by atoms with Crippen molar-refractivity contribution in [2.24, 2.45) is 5.92 Å². The van der Waals surface area contributed by atoms with E-state index in [1.165, 1.54) is 37.9 Å². The zero-order valence-electron chi connectivity index (χ0n) is 13.2. The lowest BCUT2D eigenvalue weighted by atomic mass is 10.1. The fourth-order valence-corrected chi connectivity index (χ4v) is 2.71. The average molecular weight is 294 g/mol. The van der Waals surface area contributed by atoms with Crippen LogP contribution in [0.15, 0.2) is 12.3 Å². The Kier molecular flexibility index (Phi) is 6.43. The summed E-state index contributed by atoms with van der Waals surface area (Å²) in [5.41, 5.74) is 0.819. The minimum absolute atomic E-state index is 0.231. The second kappa shape index (κ2) is 8.32. The van der Waals surface area contributed by atoms with E-state index in [1.54, 1.807) is 0 Å². The summed E-state index contributed by atoms with van der Waals surface area (Å²) < 4.78 is 19.5. The van der Waals surface area contributed by atoms with E-state index in [4.69, 9.17) is 4.74 Å². The van der Waals surface area contributed by atoms with Crippen LogP contribution in [-0.2, 0) is 6.54 Å². The van der Waals surface area contributed by atoms with Gasteiger partial charge in [0.2, 0.25) is 5.88 Å². The number of hydrogen-bond acceptors (Lipinski definition) is 3. The van der Waals surface area contributed by atoms with E-state index < -0.39 is 0 Å². The standard InChI is InChI=1S/C17H27FN2O/c1-13(2)10-19-11-14-9-15(18)12-20-17(14)21-16-7-5-3-4-6-8-16/h9,12-13,16,19H,3-8,10-11H2,1-2H3. The molecule has 0 aliphatic heterocycles. The third kappa shape index (κ3) is 5.62. The van der Waals surface area contributed by atoms with Crippen molar-refractivity contribution in [2.45, 2.75) is 65.0 Å². The second-order valence-electron chi connectivity index (χ2n) is 6.37. The molecule has 1 saturated carbocycles. The van der Waals surface area contributed by atoms with Crippen molar-refractivity contribution in [3.63, 3.8) is 0 Å². The average Bonchev–Trinajstić information content (AvgIpc) is 2.70. The van der Waals surface area contributed by atoms with E-state index in [9.17, 15) is 4.39 Å². The van der Waals surface area contributed by atoms with Crippen molar-refractivity contribution in [1.82, 2.24) is 10.3 Å². The van der Waals surface area contributed by atoms with Gasteiger partial charge in [0.25, 0.3) is 0 Å². The van der Waals surface area contributed by atoms with Gasteiger partial charge < -0.3 is 10.1 Å². The molecule has 3 nitrogen and oxygen atoms in total. The predicted octanol–water partition coefficient (Wildman–Crippen LogP) is 4.07. The summed E-state index contributed by atoms with van der Waals surface area (Å²) in [7, 11) is 0. The molecule has 0 amide bonds. The summed E-state index contributed by atoms with van der Waals surface area (Å²) in [6.45, 7) is 5.81. The number of rotatable bonds is 6. The Morgan fingerprint density at radius 3 is 2.67 bits per heavy atom. The Hall–Kier alpha value is -1.16. The van der Waals surface area contributed by atoms with E-state index in [0.29, 0.717) is 18.3 Å². The molecule has 1 aliphatic rings. The number of pyridine rings is 1. The molecule has 0 unspecified atom stereocenters. The molecule has 1 aromatic rings. The highest BCUT2D eigenvalue weighted by atomic mass is 19.1. The summed E-state index contributed by atoms with van der Waals surface area (Å²) in [5.74, 6) is 0.863. The highest BCUT2D eigenvalue weighted by Crippen LogP contribution is 2.24. The maximum atomic E-state index is 13.4. The van der Waals surface area contributed by atoms with Gasteiger partial charge in [-0.2, -0.15) is 0 Å². The fraction of sp³-hybridized carbons (Fsp3) is 0.706. The first-order chi connectivity index (χ1) is 10.1. The molecular formula is C17H27FN2O. The topological polar surface area (TPSA) is 34.2 Å². The molecule has 1 aromatic heterocycles. The largest absolute Gasteiger partial charge is 0.474 e. The third-order valence-corrected chi connectivity index (χ3v) is 3.84. The van der Waals surface area contributed by atoms with E-state index in [2.05, 4.69) is 24.1 Å². The molecule has 1 fully saturated rings. The maximum Gasteiger partial charge on any atom is 0.218 e. The van der Waals surface area contributed by atoms with Crippen LogP contribution < -0.4 is 10.1 Å². The van der Waals surface area contributed by atoms with Crippen molar-refractivity contribution in [2.75, 3.05) is 6.54 Å². The SMILES string of the molecule is CC(C)CNCc1cc(F)cnc1OC1CCCCCC1. The van der Waals surface area contributed by atoms with Crippen LogP contribution in [0.5, 0.6) is 5.88 Å². The first kappa shape index (κ1) is 16.2. The number of ether oxygens (including phenoxy) is 1. The van der Waals surface area contributed by atoms with E-state index in [0.717, 1.165) is 24.9 Å². The van der Waals surface area contributed by atoms with Crippen LogP contribution in [0.3, 0.4) is 0 Å². The first-order valence-corrected chi connectivity index (χ1v) is 8.17. The molecule has 118 valence electrons. The van der Waals surface area contributed by atoms with Crippen LogP contribution in [0.4, 0.5) is 4.39 Å². The number of halogens is 1. The van der Waals surface area contributed by atoms with E-state index >= 15 is 0 Å². The molecule has 1 aliphatic carbocycles. The zero-order valence-corrected chi connectivity index (χ0v) is 13.2. The van der Waals surface area contributed by atoms with Gasteiger partial charge in [-0.05, 0) is 44.2 Å². The third-order valence-electron chi connectivity index (χ3n) is 3.84. The lowest BCUT2D eigenvalue weighted by Crippen LogP contribution is -2.22. The van der Waals surface area contributed by atoms with Gasteiger partial charge in [-0.3, -0.25) is 0 Å². The van der Waals surface area contributed by atoms with Gasteiger partial charge in [-0.15, -0.1) is 0 Å². The molecule has 0 aromatic carbocycles. The molecule has 0 saturated heterocycles.